The van der Waals surface area contributed by atoms with Crippen molar-refractivity contribution in [3.05, 3.63) is 41.0 Å². The Hall–Kier alpha value is -2.07. The smallest absolute Gasteiger partial charge is 0.356 e. The Morgan fingerprint density at radius 3 is 2.70 bits per heavy atom. The highest BCUT2D eigenvalue weighted by Crippen LogP contribution is 2.25. The molecule has 0 atom stereocenters. The molecule has 0 aliphatic carbocycles. The van der Waals surface area contributed by atoms with Gasteiger partial charge in [0.2, 0.25) is 0 Å². The number of carboxylic acids is 1. The van der Waals surface area contributed by atoms with Gasteiger partial charge in [-0.3, -0.25) is 4.72 Å². The van der Waals surface area contributed by atoms with Crippen molar-refractivity contribution >= 4 is 33.0 Å². The molecule has 1 aromatic heterocycles. The Labute approximate surface area is 115 Å². The molecule has 0 spiro atoms. The van der Waals surface area contributed by atoms with Crippen molar-refractivity contribution in [2.45, 2.75) is 4.21 Å². The molecule has 0 radical (unpaired) electrons. The summed E-state index contributed by atoms with van der Waals surface area (Å²) in [5, 5.41) is 8.80. The fourth-order valence-electron chi connectivity index (χ4n) is 1.34. The van der Waals surface area contributed by atoms with Crippen molar-refractivity contribution in [2.75, 3.05) is 4.72 Å². The van der Waals surface area contributed by atoms with E-state index in [2.05, 4.69) is 4.98 Å². The first-order valence-electron chi connectivity index (χ1n) is 4.96. The van der Waals surface area contributed by atoms with Crippen molar-refractivity contribution in [1.29, 1.82) is 0 Å². The van der Waals surface area contributed by atoms with Gasteiger partial charge in [-0.2, -0.15) is 0 Å². The number of thiazole rings is 1. The molecule has 1 aromatic carbocycles. The number of hydrogen-bond donors (Lipinski definition) is 2. The van der Waals surface area contributed by atoms with Gasteiger partial charge in [0.15, 0.2) is 9.90 Å². The number of sulfonamides is 1. The maximum atomic E-state index is 13.4. The summed E-state index contributed by atoms with van der Waals surface area (Å²) in [6.45, 7) is 0. The first-order valence-corrected chi connectivity index (χ1v) is 7.32. The van der Waals surface area contributed by atoms with Crippen LogP contribution in [-0.4, -0.2) is 24.5 Å². The molecule has 0 bridgehead atoms. The van der Waals surface area contributed by atoms with Gasteiger partial charge >= 0.3 is 5.97 Å². The minimum atomic E-state index is -4.37. The molecule has 0 unspecified atom stereocenters. The summed E-state index contributed by atoms with van der Waals surface area (Å²) in [7, 11) is -4.37. The zero-order valence-corrected chi connectivity index (χ0v) is 11.1. The largest absolute Gasteiger partial charge is 0.476 e. The number of aromatic carboxylic acids is 1. The molecule has 20 heavy (non-hydrogen) atoms. The van der Waals surface area contributed by atoms with Gasteiger partial charge in [0.05, 0.1) is 11.2 Å². The van der Waals surface area contributed by atoms with Crippen LogP contribution < -0.4 is 4.72 Å². The molecule has 0 amide bonds. The van der Waals surface area contributed by atoms with Gasteiger partial charge < -0.3 is 5.11 Å². The number of carbonyl (C=O) groups is 1. The summed E-state index contributed by atoms with van der Waals surface area (Å²) in [5.41, 5.74) is -0.269. The SMILES string of the molecule is O=C(O)c1ncsc1S(=O)(=O)Nc1cc(F)ccc1F. The predicted molar refractivity (Wildman–Crippen MR) is 66.2 cm³/mol. The molecular formula is C10H6F2N2O4S2. The van der Waals surface area contributed by atoms with E-state index in [1.54, 1.807) is 4.72 Å². The van der Waals surface area contributed by atoms with E-state index < -0.39 is 43.2 Å². The Balaban J connectivity index is 2.44. The van der Waals surface area contributed by atoms with Gasteiger partial charge in [0.1, 0.15) is 11.6 Å². The van der Waals surface area contributed by atoms with Crippen LogP contribution in [0.1, 0.15) is 10.5 Å². The molecule has 0 saturated carbocycles. The number of halogens is 2. The summed E-state index contributed by atoms with van der Waals surface area (Å²) >= 11 is 0.556. The fourth-order valence-corrected chi connectivity index (χ4v) is 3.53. The third-order valence-electron chi connectivity index (χ3n) is 2.15. The number of hydrogen-bond acceptors (Lipinski definition) is 5. The third-order valence-corrected chi connectivity index (χ3v) is 4.89. The molecule has 6 nitrogen and oxygen atoms in total. The zero-order chi connectivity index (χ0) is 14.9. The van der Waals surface area contributed by atoms with Crippen LogP contribution in [0.3, 0.4) is 0 Å². The Bertz CT molecular complexity index is 773. The van der Waals surface area contributed by atoms with Crippen LogP contribution in [0.4, 0.5) is 14.5 Å². The van der Waals surface area contributed by atoms with Crippen LogP contribution in [0.5, 0.6) is 0 Å². The summed E-state index contributed by atoms with van der Waals surface area (Å²) in [6, 6.07) is 2.22. The van der Waals surface area contributed by atoms with Crippen molar-refractivity contribution in [2.24, 2.45) is 0 Å². The Kier molecular flexibility index (Phi) is 3.68. The van der Waals surface area contributed by atoms with Crippen molar-refractivity contribution < 1.29 is 27.1 Å². The Morgan fingerprint density at radius 2 is 2.05 bits per heavy atom. The van der Waals surface area contributed by atoms with Crippen LogP contribution in [-0.2, 0) is 10.0 Å². The van der Waals surface area contributed by atoms with Gasteiger partial charge in [-0.15, -0.1) is 11.3 Å². The maximum Gasteiger partial charge on any atom is 0.356 e. The van der Waals surface area contributed by atoms with E-state index in [-0.39, 0.29) is 0 Å². The van der Waals surface area contributed by atoms with Crippen LogP contribution in [0.25, 0.3) is 0 Å². The monoisotopic (exact) mass is 320 g/mol. The number of nitrogens with zero attached hydrogens (tertiary/aromatic N) is 1. The second-order valence-corrected chi connectivity index (χ2v) is 6.26. The zero-order valence-electron chi connectivity index (χ0n) is 9.50. The number of aromatic nitrogens is 1. The first-order chi connectivity index (χ1) is 9.31. The molecule has 0 aliphatic heterocycles. The van der Waals surface area contributed by atoms with Crippen LogP contribution in [0.2, 0.25) is 0 Å². The van der Waals surface area contributed by atoms with E-state index in [1.165, 1.54) is 0 Å². The molecule has 2 aromatic rings. The Morgan fingerprint density at radius 1 is 1.35 bits per heavy atom. The molecule has 1 heterocycles. The molecule has 0 fully saturated rings. The predicted octanol–water partition coefficient (Wildman–Crippen LogP) is 1.92. The summed E-state index contributed by atoms with van der Waals surface area (Å²) in [4.78, 5) is 14.2. The molecule has 0 aliphatic rings. The third kappa shape index (κ3) is 2.75. The van der Waals surface area contributed by atoms with Crippen molar-refractivity contribution in [3.63, 3.8) is 0 Å². The molecule has 0 saturated heterocycles. The standard InChI is InChI=1S/C10H6F2N2O4S2/c11-5-1-2-6(12)7(3-5)14-20(17,18)10-8(9(15)16)13-4-19-10/h1-4,14H,(H,15,16). The lowest BCUT2D eigenvalue weighted by Gasteiger charge is -2.07. The molecule has 2 rings (SSSR count). The van der Waals surface area contributed by atoms with Crippen LogP contribution in [0, 0.1) is 11.6 Å². The number of nitrogens with one attached hydrogen (secondary N) is 1. The number of carboxylic acid groups (broad SMARTS) is 1. The quantitative estimate of drug-likeness (QED) is 0.897. The molecular weight excluding hydrogens is 314 g/mol. The van der Waals surface area contributed by atoms with Gasteiger partial charge in [-0.1, -0.05) is 0 Å². The van der Waals surface area contributed by atoms with Crippen LogP contribution >= 0.6 is 11.3 Å². The average molecular weight is 320 g/mol. The van der Waals surface area contributed by atoms with E-state index >= 15 is 0 Å². The van der Waals surface area contributed by atoms with Gasteiger partial charge in [0, 0.05) is 6.07 Å². The van der Waals surface area contributed by atoms with E-state index in [0.717, 1.165) is 17.6 Å². The highest BCUT2D eigenvalue weighted by Gasteiger charge is 2.26. The van der Waals surface area contributed by atoms with Crippen LogP contribution in [0.15, 0.2) is 27.9 Å². The summed E-state index contributed by atoms with van der Waals surface area (Å²) in [6.07, 6.45) is 0. The highest BCUT2D eigenvalue weighted by atomic mass is 32.2. The molecule has 2 N–H and O–H groups in total. The van der Waals surface area contributed by atoms with E-state index in [1.807, 2.05) is 0 Å². The van der Waals surface area contributed by atoms with Crippen molar-refractivity contribution in [1.82, 2.24) is 4.98 Å². The summed E-state index contributed by atoms with van der Waals surface area (Å²) < 4.78 is 51.5. The van der Waals surface area contributed by atoms with E-state index in [0.29, 0.717) is 17.4 Å². The van der Waals surface area contributed by atoms with Crippen molar-refractivity contribution in [3.8, 4) is 0 Å². The number of anilines is 1. The number of benzene rings is 1. The average Bonchev–Trinajstić information content (AvgIpc) is 2.83. The fraction of sp³-hybridized carbons (Fsp3) is 0. The maximum absolute atomic E-state index is 13.4. The van der Waals surface area contributed by atoms with Gasteiger partial charge in [-0.05, 0) is 12.1 Å². The topological polar surface area (TPSA) is 96.4 Å². The second-order valence-electron chi connectivity index (χ2n) is 3.52. The minimum Gasteiger partial charge on any atom is -0.476 e. The normalized spacial score (nSPS) is 11.3. The minimum absolute atomic E-state index is 0.556. The second kappa shape index (κ2) is 5.13. The lowest BCUT2D eigenvalue weighted by atomic mass is 10.3. The van der Waals surface area contributed by atoms with E-state index in [9.17, 15) is 22.0 Å². The number of rotatable bonds is 4. The highest BCUT2D eigenvalue weighted by molar-refractivity contribution is 7.94. The molecule has 106 valence electrons. The van der Waals surface area contributed by atoms with E-state index in [4.69, 9.17) is 5.11 Å². The lowest BCUT2D eigenvalue weighted by molar-refractivity contribution is 0.0687. The molecule has 10 heteroatoms. The van der Waals surface area contributed by atoms with Gasteiger partial charge in [0.25, 0.3) is 10.0 Å². The summed E-state index contributed by atoms with van der Waals surface area (Å²) in [5.74, 6) is -3.37. The lowest BCUT2D eigenvalue weighted by Crippen LogP contribution is -2.16. The van der Waals surface area contributed by atoms with Gasteiger partial charge in [-0.25, -0.2) is 27.0 Å². The first kappa shape index (κ1) is 14.3.